The van der Waals surface area contributed by atoms with Gasteiger partial charge >= 0.3 is 5.97 Å². The van der Waals surface area contributed by atoms with Gasteiger partial charge in [-0.15, -0.1) is 5.10 Å². The fourth-order valence-electron chi connectivity index (χ4n) is 4.43. The highest BCUT2D eigenvalue weighted by Crippen LogP contribution is 2.45. The molecule has 1 aliphatic heterocycles. The summed E-state index contributed by atoms with van der Waals surface area (Å²) in [6.45, 7) is -0.461. The van der Waals surface area contributed by atoms with Crippen LogP contribution in [0.25, 0.3) is 5.69 Å². The predicted octanol–water partition coefficient (Wildman–Crippen LogP) is 2.12. The molecule has 3 aromatic rings. The fraction of sp³-hybridized carbons (Fsp3) is 0.273. The summed E-state index contributed by atoms with van der Waals surface area (Å²) >= 11 is 0. The zero-order valence-corrected chi connectivity index (χ0v) is 17.1. The summed E-state index contributed by atoms with van der Waals surface area (Å²) in [4.78, 5) is 40.3. The molecule has 1 N–H and O–H groups in total. The van der Waals surface area contributed by atoms with Gasteiger partial charge in [-0.05, 0) is 59.7 Å². The lowest BCUT2D eigenvalue weighted by Crippen LogP contribution is -2.61. The van der Waals surface area contributed by atoms with Crippen LogP contribution in [0.1, 0.15) is 36.0 Å². The number of nitrogens with one attached hydrogen (secondary N) is 1. The highest BCUT2D eigenvalue weighted by molar-refractivity contribution is 6.15. The molecule has 0 bridgehead atoms. The summed E-state index contributed by atoms with van der Waals surface area (Å²) in [6.07, 6.45) is 4.30. The zero-order valence-electron chi connectivity index (χ0n) is 17.1. The normalized spacial score (nSPS) is 16.5. The molecule has 2 amide bonds. The molecule has 1 saturated carbocycles. The highest BCUT2D eigenvalue weighted by Gasteiger charge is 2.52. The van der Waals surface area contributed by atoms with Crippen LogP contribution >= 0.6 is 0 Å². The van der Waals surface area contributed by atoms with Gasteiger partial charge < -0.3 is 10.1 Å². The van der Waals surface area contributed by atoms with E-state index in [1.54, 1.807) is 42.5 Å². The molecule has 1 spiro atoms. The first kappa shape index (κ1) is 19.9. The van der Waals surface area contributed by atoms with Crippen molar-refractivity contribution in [3.8, 4) is 5.69 Å². The van der Waals surface area contributed by atoms with Crippen molar-refractivity contribution in [3.63, 3.8) is 0 Å². The third-order valence-electron chi connectivity index (χ3n) is 5.97. The van der Waals surface area contributed by atoms with Crippen molar-refractivity contribution in [3.05, 3.63) is 60.4 Å². The molecule has 2 aromatic carbocycles. The Morgan fingerprint density at radius 1 is 1.06 bits per heavy atom. The van der Waals surface area contributed by atoms with Crippen molar-refractivity contribution in [1.82, 2.24) is 20.2 Å². The van der Waals surface area contributed by atoms with E-state index in [2.05, 4.69) is 20.8 Å². The van der Waals surface area contributed by atoms with Gasteiger partial charge in [-0.3, -0.25) is 14.5 Å². The maximum Gasteiger partial charge on any atom is 0.338 e. The summed E-state index contributed by atoms with van der Waals surface area (Å²) in [5, 5.41) is 13.9. The van der Waals surface area contributed by atoms with Crippen LogP contribution in [0.4, 0.5) is 11.4 Å². The minimum atomic E-state index is -0.939. The minimum Gasteiger partial charge on any atom is -0.452 e. The number of hydrogen-bond acceptors (Lipinski definition) is 7. The lowest BCUT2D eigenvalue weighted by Gasteiger charge is -2.44. The number of para-hydroxylation sites is 2. The summed E-state index contributed by atoms with van der Waals surface area (Å²) in [7, 11) is 0. The highest BCUT2D eigenvalue weighted by atomic mass is 16.5. The second kappa shape index (κ2) is 7.88. The maximum atomic E-state index is 13.3. The Labute approximate surface area is 183 Å². The van der Waals surface area contributed by atoms with Crippen LogP contribution in [-0.4, -0.2) is 50.1 Å². The molecule has 0 atom stereocenters. The molecule has 1 fully saturated rings. The quantitative estimate of drug-likeness (QED) is 0.627. The Kier molecular flexibility index (Phi) is 4.89. The molecule has 1 aliphatic carbocycles. The van der Waals surface area contributed by atoms with E-state index in [4.69, 9.17) is 4.74 Å². The van der Waals surface area contributed by atoms with Gasteiger partial charge in [-0.2, -0.15) is 0 Å². The SMILES string of the molecule is O=C(OCC(=O)N1c2ccccc2NC(=O)C12CCCC2)c1ccc(-n2cnnn2)cc1. The number of carbonyl (C=O) groups excluding carboxylic acids is 3. The molecule has 2 heterocycles. The monoisotopic (exact) mass is 432 g/mol. The van der Waals surface area contributed by atoms with Gasteiger partial charge in [0.2, 0.25) is 0 Å². The van der Waals surface area contributed by atoms with Crippen LogP contribution in [0.3, 0.4) is 0 Å². The first-order chi connectivity index (χ1) is 15.6. The summed E-state index contributed by atoms with van der Waals surface area (Å²) in [5.41, 5.74) is 1.24. The van der Waals surface area contributed by atoms with Gasteiger partial charge in [0.15, 0.2) is 6.61 Å². The number of aromatic nitrogens is 4. The van der Waals surface area contributed by atoms with E-state index in [1.807, 2.05) is 6.07 Å². The van der Waals surface area contributed by atoms with E-state index in [-0.39, 0.29) is 5.91 Å². The molecule has 0 saturated heterocycles. The van der Waals surface area contributed by atoms with Crippen LogP contribution in [0.2, 0.25) is 0 Å². The van der Waals surface area contributed by atoms with Crippen molar-refractivity contribution < 1.29 is 19.1 Å². The largest absolute Gasteiger partial charge is 0.452 e. The average molecular weight is 432 g/mol. The minimum absolute atomic E-state index is 0.188. The van der Waals surface area contributed by atoms with Crippen molar-refractivity contribution in [2.24, 2.45) is 0 Å². The zero-order chi connectivity index (χ0) is 22.1. The van der Waals surface area contributed by atoms with Crippen molar-refractivity contribution in [2.45, 2.75) is 31.2 Å². The molecular formula is C22H20N6O4. The van der Waals surface area contributed by atoms with Crippen LogP contribution in [0.5, 0.6) is 0 Å². The van der Waals surface area contributed by atoms with Gasteiger partial charge in [0.25, 0.3) is 11.8 Å². The van der Waals surface area contributed by atoms with Crippen molar-refractivity contribution in [1.29, 1.82) is 0 Å². The molecule has 5 rings (SSSR count). The van der Waals surface area contributed by atoms with Crippen LogP contribution < -0.4 is 10.2 Å². The molecule has 1 aromatic heterocycles. The Bertz CT molecular complexity index is 1170. The van der Waals surface area contributed by atoms with Crippen molar-refractivity contribution >= 4 is 29.2 Å². The van der Waals surface area contributed by atoms with Gasteiger partial charge in [0, 0.05) is 0 Å². The Balaban J connectivity index is 1.33. The number of benzene rings is 2. The lowest BCUT2D eigenvalue weighted by atomic mass is 9.90. The number of nitrogens with zero attached hydrogens (tertiary/aromatic N) is 5. The van der Waals surface area contributed by atoms with Crippen LogP contribution in [0.15, 0.2) is 54.9 Å². The fourth-order valence-corrected chi connectivity index (χ4v) is 4.43. The molecule has 10 heteroatoms. The van der Waals surface area contributed by atoms with Gasteiger partial charge in [-0.25, -0.2) is 9.48 Å². The van der Waals surface area contributed by atoms with Gasteiger partial charge in [0.05, 0.1) is 22.6 Å². The molecule has 32 heavy (non-hydrogen) atoms. The molecule has 162 valence electrons. The standard InChI is InChI=1S/C22H20N6O4/c29-19(13-32-20(30)15-7-9-16(10-8-15)27-14-23-25-26-27)28-18-6-2-1-5-17(18)24-21(31)22(28)11-3-4-12-22/h1-2,5-10,14H,3-4,11-13H2,(H,24,31). The van der Waals surface area contributed by atoms with E-state index >= 15 is 0 Å². The average Bonchev–Trinajstić information content (AvgIpc) is 3.52. The van der Waals surface area contributed by atoms with Crippen LogP contribution in [-0.2, 0) is 14.3 Å². The number of hydrogen-bond donors (Lipinski definition) is 1. The number of tetrazole rings is 1. The van der Waals surface area contributed by atoms with Crippen LogP contribution in [0, 0.1) is 0 Å². The maximum absolute atomic E-state index is 13.3. The third kappa shape index (κ3) is 3.29. The first-order valence-electron chi connectivity index (χ1n) is 10.3. The summed E-state index contributed by atoms with van der Waals surface area (Å²) in [6, 6.07) is 13.7. The molecule has 0 radical (unpaired) electrons. The molecular weight excluding hydrogens is 412 g/mol. The van der Waals surface area contributed by atoms with E-state index in [9.17, 15) is 14.4 Å². The Morgan fingerprint density at radius 3 is 2.53 bits per heavy atom. The van der Waals surface area contributed by atoms with Crippen molar-refractivity contribution in [2.75, 3.05) is 16.8 Å². The summed E-state index contributed by atoms with van der Waals surface area (Å²) < 4.78 is 6.77. The van der Waals surface area contributed by atoms with E-state index in [0.29, 0.717) is 35.5 Å². The second-order valence-electron chi connectivity index (χ2n) is 7.82. The van der Waals surface area contributed by atoms with E-state index in [0.717, 1.165) is 12.8 Å². The molecule has 0 unspecified atom stereocenters. The lowest BCUT2D eigenvalue weighted by molar-refractivity contribution is -0.129. The molecule has 2 aliphatic rings. The van der Waals surface area contributed by atoms with Gasteiger partial charge in [0.1, 0.15) is 11.9 Å². The van der Waals surface area contributed by atoms with E-state index < -0.39 is 24.0 Å². The van der Waals surface area contributed by atoms with Gasteiger partial charge in [-0.1, -0.05) is 25.0 Å². The van der Waals surface area contributed by atoms with E-state index in [1.165, 1.54) is 15.9 Å². The number of fused-ring (bicyclic) bond motifs is 1. The second-order valence-corrected chi connectivity index (χ2v) is 7.82. The number of esters is 1. The third-order valence-corrected chi connectivity index (χ3v) is 5.97. The first-order valence-corrected chi connectivity index (χ1v) is 10.3. The molecule has 10 nitrogen and oxygen atoms in total. The number of amides is 2. The number of anilines is 2. The Hall–Kier alpha value is -4.08. The Morgan fingerprint density at radius 2 is 1.81 bits per heavy atom. The predicted molar refractivity (Wildman–Crippen MR) is 113 cm³/mol. The number of carbonyl (C=O) groups is 3. The topological polar surface area (TPSA) is 119 Å². The number of rotatable bonds is 4. The summed E-state index contributed by atoms with van der Waals surface area (Å²) in [5.74, 6) is -1.24. The number of ether oxygens (including phenoxy) is 1. The smallest absolute Gasteiger partial charge is 0.338 e.